The highest BCUT2D eigenvalue weighted by molar-refractivity contribution is 9.10. The number of hydrogen-bond acceptors (Lipinski definition) is 3. The maximum absolute atomic E-state index is 8.95. The lowest BCUT2D eigenvalue weighted by atomic mass is 9.93. The standard InChI is InChI=1S/C13H17BrO3/c1-8(2)11-9(4-3-5-15)6-10(14)12-13(11)17-7-16-12/h6,8,15H,3-5,7H2,1-2H3. The summed E-state index contributed by atoms with van der Waals surface area (Å²) in [6.07, 6.45) is 1.63. The van der Waals surface area contributed by atoms with Crippen LogP contribution in [0.25, 0.3) is 0 Å². The second-order valence-electron chi connectivity index (χ2n) is 4.48. The van der Waals surface area contributed by atoms with Crippen LogP contribution in [0.1, 0.15) is 37.3 Å². The van der Waals surface area contributed by atoms with Crippen molar-refractivity contribution < 1.29 is 14.6 Å². The fourth-order valence-electron chi connectivity index (χ4n) is 2.21. The minimum Gasteiger partial charge on any atom is -0.453 e. The van der Waals surface area contributed by atoms with Crippen LogP contribution in [0.2, 0.25) is 0 Å². The molecule has 0 aromatic heterocycles. The van der Waals surface area contributed by atoms with Crippen molar-refractivity contribution in [1.29, 1.82) is 0 Å². The topological polar surface area (TPSA) is 38.7 Å². The Hall–Kier alpha value is -0.740. The van der Waals surface area contributed by atoms with Crippen LogP contribution in [0.3, 0.4) is 0 Å². The summed E-state index contributed by atoms with van der Waals surface area (Å²) in [5.41, 5.74) is 2.43. The molecule has 1 aromatic carbocycles. The molecule has 0 saturated carbocycles. The van der Waals surface area contributed by atoms with E-state index in [0.717, 1.165) is 28.8 Å². The summed E-state index contributed by atoms with van der Waals surface area (Å²) in [4.78, 5) is 0. The third kappa shape index (κ3) is 2.43. The molecule has 0 spiro atoms. The molecule has 0 fully saturated rings. The van der Waals surface area contributed by atoms with Crippen molar-refractivity contribution in [3.05, 3.63) is 21.7 Å². The Kier molecular flexibility index (Phi) is 3.94. The van der Waals surface area contributed by atoms with Crippen LogP contribution in [0.4, 0.5) is 0 Å². The summed E-state index contributed by atoms with van der Waals surface area (Å²) >= 11 is 3.51. The van der Waals surface area contributed by atoms with Crippen molar-refractivity contribution in [3.8, 4) is 11.5 Å². The Morgan fingerprint density at radius 1 is 1.35 bits per heavy atom. The molecule has 1 heterocycles. The van der Waals surface area contributed by atoms with Crippen LogP contribution in [0.15, 0.2) is 10.5 Å². The van der Waals surface area contributed by atoms with Crippen LogP contribution >= 0.6 is 15.9 Å². The minimum atomic E-state index is 0.212. The van der Waals surface area contributed by atoms with Crippen LogP contribution in [0, 0.1) is 0 Å². The smallest absolute Gasteiger partial charge is 0.231 e. The first-order valence-electron chi connectivity index (χ1n) is 5.87. The van der Waals surface area contributed by atoms with Gasteiger partial charge in [0.2, 0.25) is 6.79 Å². The average Bonchev–Trinajstić information content (AvgIpc) is 2.74. The molecule has 0 aliphatic carbocycles. The summed E-state index contributed by atoms with van der Waals surface area (Å²) in [7, 11) is 0. The molecule has 0 radical (unpaired) electrons. The fraction of sp³-hybridized carbons (Fsp3) is 0.538. The van der Waals surface area contributed by atoms with Gasteiger partial charge in [0.05, 0.1) is 4.47 Å². The highest BCUT2D eigenvalue weighted by Crippen LogP contribution is 2.46. The Bertz CT molecular complexity index is 416. The molecule has 2 rings (SSSR count). The van der Waals surface area contributed by atoms with E-state index in [1.165, 1.54) is 11.1 Å². The first-order chi connectivity index (χ1) is 8.15. The summed E-state index contributed by atoms with van der Waals surface area (Å²) in [5, 5.41) is 8.95. The number of aliphatic hydroxyl groups excluding tert-OH is 1. The number of rotatable bonds is 4. The van der Waals surface area contributed by atoms with Gasteiger partial charge in [0.25, 0.3) is 0 Å². The zero-order valence-electron chi connectivity index (χ0n) is 10.1. The van der Waals surface area contributed by atoms with Gasteiger partial charge in [0.15, 0.2) is 11.5 Å². The van der Waals surface area contributed by atoms with Crippen LogP contribution < -0.4 is 9.47 Å². The molecule has 94 valence electrons. The number of halogens is 1. The molecular weight excluding hydrogens is 284 g/mol. The van der Waals surface area contributed by atoms with Crippen LogP contribution in [-0.4, -0.2) is 18.5 Å². The molecule has 0 atom stereocenters. The third-order valence-corrected chi connectivity index (χ3v) is 3.49. The highest BCUT2D eigenvalue weighted by atomic mass is 79.9. The molecule has 1 aliphatic rings. The molecular formula is C13H17BrO3. The number of benzene rings is 1. The Morgan fingerprint density at radius 3 is 2.71 bits per heavy atom. The first-order valence-corrected chi connectivity index (χ1v) is 6.66. The summed E-state index contributed by atoms with van der Waals surface area (Å²) in [6, 6.07) is 2.08. The quantitative estimate of drug-likeness (QED) is 0.928. The van der Waals surface area contributed by atoms with Crippen molar-refractivity contribution in [2.75, 3.05) is 13.4 Å². The highest BCUT2D eigenvalue weighted by Gasteiger charge is 2.25. The van der Waals surface area contributed by atoms with Gasteiger partial charge in [0.1, 0.15) is 0 Å². The molecule has 0 amide bonds. The SMILES string of the molecule is CC(C)c1c(CCCO)cc(Br)c2c1OCO2. The van der Waals surface area contributed by atoms with Gasteiger partial charge in [-0.1, -0.05) is 13.8 Å². The minimum absolute atomic E-state index is 0.212. The average molecular weight is 301 g/mol. The molecule has 4 heteroatoms. The second-order valence-corrected chi connectivity index (χ2v) is 5.33. The molecule has 1 N–H and O–H groups in total. The summed E-state index contributed by atoms with van der Waals surface area (Å²) in [5.74, 6) is 2.05. The molecule has 0 saturated heterocycles. The summed E-state index contributed by atoms with van der Waals surface area (Å²) < 4.78 is 12.0. The van der Waals surface area contributed by atoms with E-state index in [1.807, 2.05) is 0 Å². The Balaban J connectivity index is 2.47. The van der Waals surface area contributed by atoms with Crippen molar-refractivity contribution in [2.45, 2.75) is 32.6 Å². The third-order valence-electron chi connectivity index (χ3n) is 2.90. The van der Waals surface area contributed by atoms with E-state index in [2.05, 4.69) is 35.8 Å². The molecule has 0 unspecified atom stereocenters. The molecule has 3 nitrogen and oxygen atoms in total. The van der Waals surface area contributed by atoms with Crippen LogP contribution in [0.5, 0.6) is 11.5 Å². The molecule has 0 bridgehead atoms. The Morgan fingerprint density at radius 2 is 2.06 bits per heavy atom. The Labute approximate surface area is 110 Å². The summed E-state index contributed by atoms with van der Waals surface area (Å²) in [6.45, 7) is 4.79. The van der Waals surface area contributed by atoms with Gasteiger partial charge in [-0.2, -0.15) is 0 Å². The zero-order chi connectivity index (χ0) is 12.4. The van der Waals surface area contributed by atoms with Gasteiger partial charge in [-0.05, 0) is 46.3 Å². The molecule has 17 heavy (non-hydrogen) atoms. The lowest BCUT2D eigenvalue weighted by Gasteiger charge is -2.16. The van der Waals surface area contributed by atoms with E-state index in [4.69, 9.17) is 14.6 Å². The largest absolute Gasteiger partial charge is 0.453 e. The van der Waals surface area contributed by atoms with Crippen molar-refractivity contribution >= 4 is 15.9 Å². The van der Waals surface area contributed by atoms with E-state index < -0.39 is 0 Å². The predicted molar refractivity (Wildman–Crippen MR) is 69.8 cm³/mol. The lowest BCUT2D eigenvalue weighted by molar-refractivity contribution is 0.172. The molecule has 1 aromatic rings. The van der Waals surface area contributed by atoms with E-state index in [1.54, 1.807) is 0 Å². The van der Waals surface area contributed by atoms with Gasteiger partial charge >= 0.3 is 0 Å². The number of aryl methyl sites for hydroxylation is 1. The van der Waals surface area contributed by atoms with Gasteiger partial charge in [-0.25, -0.2) is 0 Å². The van der Waals surface area contributed by atoms with Crippen molar-refractivity contribution in [1.82, 2.24) is 0 Å². The second kappa shape index (κ2) is 5.27. The van der Waals surface area contributed by atoms with Gasteiger partial charge in [-0.3, -0.25) is 0 Å². The predicted octanol–water partition coefficient (Wildman–Crippen LogP) is 3.23. The maximum atomic E-state index is 8.95. The van der Waals surface area contributed by atoms with Gasteiger partial charge < -0.3 is 14.6 Å². The fourth-order valence-corrected chi connectivity index (χ4v) is 2.78. The monoisotopic (exact) mass is 300 g/mol. The van der Waals surface area contributed by atoms with E-state index in [9.17, 15) is 0 Å². The normalized spacial score (nSPS) is 13.5. The lowest BCUT2D eigenvalue weighted by Crippen LogP contribution is -2.01. The van der Waals surface area contributed by atoms with Crippen molar-refractivity contribution in [2.24, 2.45) is 0 Å². The number of fused-ring (bicyclic) bond motifs is 1. The van der Waals surface area contributed by atoms with Crippen LogP contribution in [-0.2, 0) is 6.42 Å². The van der Waals surface area contributed by atoms with E-state index >= 15 is 0 Å². The number of ether oxygens (including phenoxy) is 2. The van der Waals surface area contributed by atoms with Gasteiger partial charge in [0, 0.05) is 12.2 Å². The zero-order valence-corrected chi connectivity index (χ0v) is 11.7. The van der Waals surface area contributed by atoms with Gasteiger partial charge in [-0.15, -0.1) is 0 Å². The maximum Gasteiger partial charge on any atom is 0.231 e. The number of aliphatic hydroxyl groups is 1. The van der Waals surface area contributed by atoms with Crippen molar-refractivity contribution in [3.63, 3.8) is 0 Å². The first kappa shape index (κ1) is 12.7. The number of hydrogen-bond donors (Lipinski definition) is 1. The molecule has 1 aliphatic heterocycles. The van der Waals surface area contributed by atoms with E-state index in [0.29, 0.717) is 5.92 Å². The van der Waals surface area contributed by atoms with E-state index in [-0.39, 0.29) is 13.4 Å².